The highest BCUT2D eigenvalue weighted by Crippen LogP contribution is 2.54. The van der Waals surface area contributed by atoms with Crippen molar-refractivity contribution in [3.05, 3.63) is 29.3 Å². The summed E-state index contributed by atoms with van der Waals surface area (Å²) in [7, 11) is 0. The highest BCUT2D eigenvalue weighted by atomic mass is 32.2. The molecule has 1 aromatic carbocycles. The van der Waals surface area contributed by atoms with Gasteiger partial charge in [0.1, 0.15) is 11.2 Å². The Morgan fingerprint density at radius 1 is 1.39 bits per heavy atom. The number of ether oxygens (including phenoxy) is 1. The van der Waals surface area contributed by atoms with E-state index in [0.717, 1.165) is 18.4 Å². The topological polar surface area (TPSA) is 29.5 Å². The summed E-state index contributed by atoms with van der Waals surface area (Å²) < 4.78 is 6.40. The van der Waals surface area contributed by atoms with Crippen LogP contribution in [0.4, 0.5) is 0 Å². The zero-order valence-electron chi connectivity index (χ0n) is 11.1. The maximum atomic E-state index is 9.98. The lowest BCUT2D eigenvalue weighted by Crippen LogP contribution is -2.43. The Balaban J connectivity index is 2.05. The van der Waals surface area contributed by atoms with Crippen molar-refractivity contribution < 1.29 is 9.84 Å². The molecule has 3 heteroatoms. The zero-order valence-corrected chi connectivity index (χ0v) is 12.0. The number of thioether (sulfide) groups is 1. The predicted octanol–water partition coefficient (Wildman–Crippen LogP) is 3.88. The number of aromatic hydroxyl groups is 1. The first-order valence-electron chi connectivity index (χ1n) is 6.63. The van der Waals surface area contributed by atoms with E-state index in [9.17, 15) is 5.11 Å². The molecule has 1 heterocycles. The van der Waals surface area contributed by atoms with Crippen molar-refractivity contribution in [3.63, 3.8) is 0 Å². The van der Waals surface area contributed by atoms with Gasteiger partial charge in [0.05, 0.1) is 6.10 Å². The first-order chi connectivity index (χ1) is 8.49. The van der Waals surface area contributed by atoms with Crippen molar-refractivity contribution in [3.8, 4) is 5.75 Å². The summed E-state index contributed by atoms with van der Waals surface area (Å²) in [4.78, 5) is 0. The molecule has 3 rings (SSSR count). The lowest BCUT2D eigenvalue weighted by molar-refractivity contribution is -0.0300. The second kappa shape index (κ2) is 4.17. The van der Waals surface area contributed by atoms with E-state index >= 15 is 0 Å². The monoisotopic (exact) mass is 264 g/mol. The molecule has 0 unspecified atom stereocenters. The van der Waals surface area contributed by atoms with Crippen molar-refractivity contribution in [1.29, 1.82) is 0 Å². The van der Waals surface area contributed by atoms with Crippen molar-refractivity contribution in [2.75, 3.05) is 0 Å². The summed E-state index contributed by atoms with van der Waals surface area (Å²) in [5.41, 5.74) is 2.51. The number of hydrogen-bond donors (Lipinski definition) is 1. The van der Waals surface area contributed by atoms with Gasteiger partial charge in [-0.15, -0.1) is 11.8 Å². The van der Waals surface area contributed by atoms with Crippen LogP contribution in [0.25, 0.3) is 0 Å². The molecule has 0 amide bonds. The lowest BCUT2D eigenvalue weighted by atomic mass is 9.75. The van der Waals surface area contributed by atoms with Gasteiger partial charge in [0.25, 0.3) is 0 Å². The molecule has 1 aliphatic carbocycles. The first kappa shape index (κ1) is 12.4. The van der Waals surface area contributed by atoms with E-state index in [4.69, 9.17) is 4.74 Å². The third-order valence-electron chi connectivity index (χ3n) is 4.27. The molecule has 1 aliphatic heterocycles. The van der Waals surface area contributed by atoms with Gasteiger partial charge in [-0.05, 0) is 37.0 Å². The molecular formula is C15H20O2S. The minimum absolute atomic E-state index is 0.145. The minimum Gasteiger partial charge on any atom is -0.508 e. The Labute approximate surface area is 113 Å². The molecule has 0 spiro atoms. The second-order valence-electron chi connectivity index (χ2n) is 5.84. The van der Waals surface area contributed by atoms with Crippen molar-refractivity contribution in [1.82, 2.24) is 0 Å². The number of phenolic OH excluding ortho intramolecular Hbond substituents is 1. The standard InChI is InChI=1S/C15H20O2S/c1-9-17-14-11-5-4-6-13(16)10(11)7-8-12(14)15(2,3)18-9/h4-6,9,12,14,16H,7-8H2,1-3H3/t9-,12+,14-/m1/s1. The van der Waals surface area contributed by atoms with Gasteiger partial charge < -0.3 is 9.84 Å². The van der Waals surface area contributed by atoms with Crippen LogP contribution in [0.2, 0.25) is 0 Å². The first-order valence-corrected chi connectivity index (χ1v) is 7.51. The third kappa shape index (κ3) is 1.84. The van der Waals surface area contributed by atoms with Gasteiger partial charge in [-0.3, -0.25) is 0 Å². The largest absolute Gasteiger partial charge is 0.508 e. The Hall–Kier alpha value is -0.670. The molecule has 98 valence electrons. The van der Waals surface area contributed by atoms with Crippen LogP contribution >= 0.6 is 11.8 Å². The molecule has 1 saturated heterocycles. The van der Waals surface area contributed by atoms with Crippen LogP contribution in [0.15, 0.2) is 18.2 Å². The summed E-state index contributed by atoms with van der Waals surface area (Å²) in [5.74, 6) is 0.964. The van der Waals surface area contributed by atoms with Crippen LogP contribution in [0.1, 0.15) is 44.4 Å². The van der Waals surface area contributed by atoms with Crippen LogP contribution in [0.5, 0.6) is 5.75 Å². The highest BCUT2D eigenvalue weighted by Gasteiger charge is 2.46. The van der Waals surface area contributed by atoms with E-state index in [0.29, 0.717) is 11.7 Å². The van der Waals surface area contributed by atoms with E-state index < -0.39 is 0 Å². The number of fused-ring (bicyclic) bond motifs is 3. The molecular weight excluding hydrogens is 244 g/mol. The van der Waals surface area contributed by atoms with E-state index in [1.165, 1.54) is 5.56 Å². The average molecular weight is 264 g/mol. The van der Waals surface area contributed by atoms with Gasteiger partial charge in [0.15, 0.2) is 0 Å². The molecule has 3 atom stereocenters. The molecule has 2 aliphatic rings. The van der Waals surface area contributed by atoms with E-state index in [1.807, 2.05) is 17.8 Å². The Kier molecular flexibility index (Phi) is 2.87. The van der Waals surface area contributed by atoms with Gasteiger partial charge in [0.2, 0.25) is 0 Å². The number of phenols is 1. The third-order valence-corrected chi connectivity index (χ3v) is 5.62. The fourth-order valence-electron chi connectivity index (χ4n) is 3.43. The van der Waals surface area contributed by atoms with Gasteiger partial charge in [-0.2, -0.15) is 0 Å². The van der Waals surface area contributed by atoms with Gasteiger partial charge in [0, 0.05) is 10.7 Å². The SMILES string of the molecule is C[C@@H]1O[C@@H]2c3cccc(O)c3CC[C@@H]2C(C)(C)S1. The smallest absolute Gasteiger partial charge is 0.119 e. The summed E-state index contributed by atoms with van der Waals surface area (Å²) in [6.45, 7) is 6.77. The molecule has 0 saturated carbocycles. The molecule has 0 bridgehead atoms. The summed E-state index contributed by atoms with van der Waals surface area (Å²) in [6, 6.07) is 5.83. The fraction of sp³-hybridized carbons (Fsp3) is 0.600. The molecule has 18 heavy (non-hydrogen) atoms. The molecule has 1 aromatic rings. The summed E-state index contributed by atoms with van der Waals surface area (Å²) in [6.07, 6.45) is 2.21. The number of hydrogen-bond acceptors (Lipinski definition) is 3. The van der Waals surface area contributed by atoms with Crippen molar-refractivity contribution >= 4 is 11.8 Å². The van der Waals surface area contributed by atoms with Gasteiger partial charge >= 0.3 is 0 Å². The molecule has 1 N–H and O–H groups in total. The quantitative estimate of drug-likeness (QED) is 0.771. The average Bonchev–Trinajstić information content (AvgIpc) is 2.28. The lowest BCUT2D eigenvalue weighted by Gasteiger charge is -2.48. The summed E-state index contributed by atoms with van der Waals surface area (Å²) in [5, 5.41) is 9.98. The predicted molar refractivity (Wildman–Crippen MR) is 74.9 cm³/mol. The van der Waals surface area contributed by atoms with Gasteiger partial charge in [-0.25, -0.2) is 0 Å². The number of benzene rings is 1. The Morgan fingerprint density at radius 3 is 2.94 bits per heavy atom. The van der Waals surface area contributed by atoms with E-state index in [-0.39, 0.29) is 16.3 Å². The Bertz CT molecular complexity index is 470. The molecule has 0 radical (unpaired) electrons. The van der Waals surface area contributed by atoms with E-state index in [2.05, 4.69) is 26.8 Å². The normalized spacial score (nSPS) is 33.6. The van der Waals surface area contributed by atoms with Crippen molar-refractivity contribution in [2.45, 2.75) is 49.9 Å². The maximum Gasteiger partial charge on any atom is 0.119 e. The molecule has 2 nitrogen and oxygen atoms in total. The Morgan fingerprint density at radius 2 is 2.17 bits per heavy atom. The second-order valence-corrected chi connectivity index (χ2v) is 7.79. The van der Waals surface area contributed by atoms with Crippen LogP contribution in [0, 0.1) is 5.92 Å². The van der Waals surface area contributed by atoms with Crippen LogP contribution in [-0.2, 0) is 11.2 Å². The minimum atomic E-state index is 0.145. The van der Waals surface area contributed by atoms with Crippen molar-refractivity contribution in [2.24, 2.45) is 5.92 Å². The zero-order chi connectivity index (χ0) is 12.9. The fourth-order valence-corrected chi connectivity index (χ4v) is 4.88. The van der Waals surface area contributed by atoms with Crippen LogP contribution in [-0.4, -0.2) is 15.3 Å². The van der Waals surface area contributed by atoms with Crippen LogP contribution < -0.4 is 0 Å². The maximum absolute atomic E-state index is 9.98. The number of rotatable bonds is 0. The highest BCUT2D eigenvalue weighted by molar-refractivity contribution is 8.01. The molecule has 0 aromatic heterocycles. The summed E-state index contributed by atoms with van der Waals surface area (Å²) >= 11 is 1.92. The van der Waals surface area contributed by atoms with E-state index in [1.54, 1.807) is 6.07 Å². The van der Waals surface area contributed by atoms with Gasteiger partial charge in [-0.1, -0.05) is 26.0 Å². The molecule has 1 fully saturated rings. The van der Waals surface area contributed by atoms with Crippen LogP contribution in [0.3, 0.4) is 0 Å².